The molecular formula is C37H41N3O7S2. The van der Waals surface area contributed by atoms with Crippen LogP contribution in [0.2, 0.25) is 0 Å². The Balaban J connectivity index is 1.27. The molecule has 0 saturated carbocycles. The predicted octanol–water partition coefficient (Wildman–Crippen LogP) is 7.17. The van der Waals surface area contributed by atoms with Gasteiger partial charge in [-0.25, -0.2) is 17.9 Å². The summed E-state index contributed by atoms with van der Waals surface area (Å²) in [5, 5.41) is 10.2. The van der Waals surface area contributed by atoms with Crippen LogP contribution >= 0.6 is 11.8 Å². The molecule has 0 bridgehead atoms. The Hall–Kier alpha value is -4.23. The maximum Gasteiger partial charge on any atom is 0.407 e. The van der Waals surface area contributed by atoms with Crippen LogP contribution in [0.5, 0.6) is 0 Å². The fourth-order valence-corrected chi connectivity index (χ4v) is 7.39. The quantitative estimate of drug-likeness (QED) is 0.131. The second kappa shape index (κ2) is 16.9. The van der Waals surface area contributed by atoms with Crippen molar-refractivity contribution in [3.8, 4) is 11.1 Å². The third-order valence-corrected chi connectivity index (χ3v) is 10.4. The Bertz CT molecular complexity index is 1800. The van der Waals surface area contributed by atoms with Gasteiger partial charge in [0.1, 0.15) is 11.0 Å². The third kappa shape index (κ3) is 10.1. The van der Waals surface area contributed by atoms with Gasteiger partial charge < -0.3 is 19.5 Å². The highest BCUT2D eigenvalue weighted by Gasteiger charge is 2.26. The maximum absolute atomic E-state index is 13.2. The molecule has 1 fully saturated rings. The summed E-state index contributed by atoms with van der Waals surface area (Å²) in [5.74, 6) is -0.719. The minimum Gasteiger partial charge on any atom is -0.465 e. The number of carbonyl (C=O) groups is 2. The molecule has 49 heavy (non-hydrogen) atoms. The first-order chi connectivity index (χ1) is 23.6. The van der Waals surface area contributed by atoms with Crippen LogP contribution in [0.1, 0.15) is 60.7 Å². The van der Waals surface area contributed by atoms with E-state index in [0.717, 1.165) is 41.5 Å². The van der Waals surface area contributed by atoms with Gasteiger partial charge in [0.2, 0.25) is 0 Å². The number of ether oxygens (including phenoxy) is 2. The average molecular weight is 704 g/mol. The maximum atomic E-state index is 13.2. The Morgan fingerprint density at radius 2 is 1.78 bits per heavy atom. The van der Waals surface area contributed by atoms with E-state index in [1.54, 1.807) is 12.1 Å². The lowest BCUT2D eigenvalue weighted by Gasteiger charge is -2.31. The predicted molar refractivity (Wildman–Crippen MR) is 189 cm³/mol. The Morgan fingerprint density at radius 1 is 1.02 bits per heavy atom. The molecule has 0 spiro atoms. The number of sulfonamides is 1. The van der Waals surface area contributed by atoms with E-state index in [9.17, 15) is 23.1 Å². The zero-order valence-electron chi connectivity index (χ0n) is 27.5. The van der Waals surface area contributed by atoms with Gasteiger partial charge >= 0.3 is 6.09 Å². The zero-order chi connectivity index (χ0) is 34.8. The second-order valence-corrected chi connectivity index (χ2v) is 15.3. The number of benzene rings is 3. The third-order valence-electron chi connectivity index (χ3n) is 8.00. The van der Waals surface area contributed by atoms with Crippen LogP contribution in [0.25, 0.3) is 11.1 Å². The summed E-state index contributed by atoms with van der Waals surface area (Å²) in [6.45, 7) is 5.10. The van der Waals surface area contributed by atoms with E-state index >= 15 is 0 Å². The van der Waals surface area contributed by atoms with Crippen LogP contribution in [0.4, 0.5) is 4.79 Å². The van der Waals surface area contributed by atoms with Crippen LogP contribution in [-0.2, 0) is 25.9 Å². The summed E-state index contributed by atoms with van der Waals surface area (Å²) in [7, 11) is -4.09. The van der Waals surface area contributed by atoms with Crippen LogP contribution in [-0.4, -0.2) is 66.6 Å². The van der Waals surface area contributed by atoms with Crippen LogP contribution in [0, 0.1) is 0 Å². The SMILES string of the molecule is CC(C)Sc1cc(-c2ccc(CCN(C[C@H](OC3CCCCO3)c3ccccc3)C(=O)O)cc2)ccc1C(=O)NS(=O)(=O)c1cccnc1. The van der Waals surface area contributed by atoms with Gasteiger partial charge in [-0.1, -0.05) is 74.5 Å². The summed E-state index contributed by atoms with van der Waals surface area (Å²) in [6.07, 6.45) is 4.12. The number of nitrogens with zero attached hydrogens (tertiary/aromatic N) is 2. The lowest BCUT2D eigenvalue weighted by molar-refractivity contribution is -0.192. The highest BCUT2D eigenvalue weighted by atomic mass is 32.2. The molecule has 258 valence electrons. The smallest absolute Gasteiger partial charge is 0.407 e. The van der Waals surface area contributed by atoms with Gasteiger partial charge in [0.15, 0.2) is 6.29 Å². The normalized spacial score (nSPS) is 15.4. The second-order valence-electron chi connectivity index (χ2n) is 12.0. The van der Waals surface area contributed by atoms with Gasteiger partial charge in [-0.2, -0.15) is 0 Å². The minimum absolute atomic E-state index is 0.0945. The van der Waals surface area contributed by atoms with Gasteiger partial charge in [0.25, 0.3) is 15.9 Å². The number of carbonyl (C=O) groups excluding carboxylic acids is 1. The van der Waals surface area contributed by atoms with Crippen molar-refractivity contribution in [2.24, 2.45) is 0 Å². The highest BCUT2D eigenvalue weighted by Crippen LogP contribution is 2.32. The van der Waals surface area contributed by atoms with Crippen molar-refractivity contribution in [1.82, 2.24) is 14.6 Å². The first kappa shape index (κ1) is 36.1. The summed E-state index contributed by atoms with van der Waals surface area (Å²) in [5.41, 5.74) is 3.90. The lowest BCUT2D eigenvalue weighted by atomic mass is 10.0. The molecule has 3 aromatic carbocycles. The Morgan fingerprint density at radius 3 is 2.43 bits per heavy atom. The van der Waals surface area contributed by atoms with E-state index in [-0.39, 0.29) is 35.1 Å². The number of thioether (sulfide) groups is 1. The first-order valence-electron chi connectivity index (χ1n) is 16.3. The first-order valence-corrected chi connectivity index (χ1v) is 18.6. The van der Waals surface area contributed by atoms with Gasteiger partial charge in [0.05, 0.1) is 12.1 Å². The molecule has 2 atom stereocenters. The highest BCUT2D eigenvalue weighted by molar-refractivity contribution is 8.00. The number of hydrogen-bond acceptors (Lipinski definition) is 8. The topological polar surface area (TPSA) is 135 Å². The molecule has 5 rings (SSSR count). The standard InChI is InChI=1S/C37H41N3O7S2/c1-26(2)48-34-23-30(17-18-32(34)36(41)39-49(44,45)31-11-8-20-38-24-31)28-15-13-27(14-16-28)19-21-40(37(42)43)25-33(29-9-4-3-5-10-29)47-35-12-6-7-22-46-35/h3-5,8-11,13-18,20,23-24,26,33,35H,6-7,12,19,21-22,25H2,1-2H3,(H,39,41)(H,42,43)/t33-,35?/m0/s1. The number of aromatic nitrogens is 1. The summed E-state index contributed by atoms with van der Waals surface area (Å²) >= 11 is 1.47. The molecule has 1 aliphatic rings. The van der Waals surface area contributed by atoms with Crippen molar-refractivity contribution in [2.45, 2.75) is 67.0 Å². The number of rotatable bonds is 14. The molecular weight excluding hydrogens is 663 g/mol. The van der Waals surface area contributed by atoms with Crippen LogP contribution in [0.15, 0.2) is 107 Å². The van der Waals surface area contributed by atoms with E-state index in [0.29, 0.717) is 17.9 Å². The van der Waals surface area contributed by atoms with Gasteiger partial charge in [-0.05, 0) is 72.2 Å². The molecule has 4 aromatic rings. The van der Waals surface area contributed by atoms with Crippen molar-refractivity contribution >= 4 is 33.8 Å². The fourth-order valence-electron chi connectivity index (χ4n) is 5.47. The van der Waals surface area contributed by atoms with Crippen molar-refractivity contribution < 1.29 is 32.6 Å². The number of pyridine rings is 1. The largest absolute Gasteiger partial charge is 0.465 e. The molecule has 0 radical (unpaired) electrons. The number of nitrogens with one attached hydrogen (secondary N) is 1. The lowest BCUT2D eigenvalue weighted by Crippen LogP contribution is -2.37. The number of hydrogen-bond donors (Lipinski definition) is 2. The van der Waals surface area contributed by atoms with Crippen molar-refractivity contribution in [2.75, 3.05) is 19.7 Å². The molecule has 1 unspecified atom stereocenters. The zero-order valence-corrected chi connectivity index (χ0v) is 29.2. The molecule has 10 nitrogen and oxygen atoms in total. The Kier molecular flexibility index (Phi) is 12.5. The molecule has 1 saturated heterocycles. The number of amides is 2. The molecule has 1 aromatic heterocycles. The van der Waals surface area contributed by atoms with Crippen LogP contribution < -0.4 is 4.72 Å². The van der Waals surface area contributed by atoms with Gasteiger partial charge in [-0.15, -0.1) is 11.8 Å². The minimum atomic E-state index is -4.09. The monoisotopic (exact) mass is 703 g/mol. The average Bonchev–Trinajstić information content (AvgIpc) is 3.10. The Labute approximate surface area is 291 Å². The molecule has 2 amide bonds. The van der Waals surface area contributed by atoms with E-state index < -0.39 is 28.1 Å². The van der Waals surface area contributed by atoms with Gasteiger partial charge in [-0.3, -0.25) is 9.78 Å². The van der Waals surface area contributed by atoms with E-state index in [1.807, 2.05) is 74.5 Å². The summed E-state index contributed by atoms with van der Waals surface area (Å²) in [4.78, 5) is 31.3. The van der Waals surface area contributed by atoms with Crippen LogP contribution in [0.3, 0.4) is 0 Å². The fraction of sp³-hybridized carbons (Fsp3) is 0.324. The summed E-state index contributed by atoms with van der Waals surface area (Å²) in [6, 6.07) is 25.7. The van der Waals surface area contributed by atoms with E-state index in [4.69, 9.17) is 9.47 Å². The van der Waals surface area contributed by atoms with E-state index in [2.05, 4.69) is 9.71 Å². The summed E-state index contributed by atoms with van der Waals surface area (Å²) < 4.78 is 39.8. The van der Waals surface area contributed by atoms with Crippen molar-refractivity contribution in [3.05, 3.63) is 114 Å². The molecule has 1 aliphatic heterocycles. The van der Waals surface area contributed by atoms with Crippen molar-refractivity contribution in [1.29, 1.82) is 0 Å². The van der Waals surface area contributed by atoms with Crippen molar-refractivity contribution in [3.63, 3.8) is 0 Å². The number of carboxylic acid groups (broad SMARTS) is 1. The molecule has 2 heterocycles. The van der Waals surface area contributed by atoms with E-state index in [1.165, 1.54) is 41.2 Å². The molecule has 12 heteroatoms. The molecule has 0 aliphatic carbocycles. The van der Waals surface area contributed by atoms with Gasteiger partial charge in [0, 0.05) is 35.7 Å². The molecule has 2 N–H and O–H groups in total.